The van der Waals surface area contributed by atoms with E-state index in [1.807, 2.05) is 36.4 Å². The molecule has 1 unspecified atom stereocenters. The number of nitrogens with zero attached hydrogens (tertiary/aromatic N) is 1. The van der Waals surface area contributed by atoms with Crippen molar-refractivity contribution in [3.63, 3.8) is 0 Å². The average molecular weight is 396 g/mol. The molecule has 2 heterocycles. The highest BCUT2D eigenvalue weighted by atomic mass is 16.5. The molecular formula is C24H16N2O4. The van der Waals surface area contributed by atoms with E-state index in [1.54, 1.807) is 25.3 Å². The Balaban J connectivity index is 1.88. The molecule has 6 heteroatoms. The maximum atomic E-state index is 12.3. The molecule has 2 N–H and O–H groups in total. The van der Waals surface area contributed by atoms with Gasteiger partial charge in [-0.15, -0.1) is 0 Å². The van der Waals surface area contributed by atoms with Gasteiger partial charge in [-0.1, -0.05) is 36.4 Å². The van der Waals surface area contributed by atoms with Crippen LogP contribution in [0.25, 0.3) is 21.7 Å². The van der Waals surface area contributed by atoms with Crippen LogP contribution in [0.5, 0.6) is 11.5 Å². The normalized spacial score (nSPS) is 15.5. The third kappa shape index (κ3) is 2.60. The number of fused-ring (bicyclic) bond motifs is 4. The Labute approximate surface area is 171 Å². The molecule has 1 aliphatic heterocycles. The molecule has 1 aliphatic rings. The van der Waals surface area contributed by atoms with E-state index in [0.29, 0.717) is 28.0 Å². The Kier molecular flexibility index (Phi) is 3.97. The van der Waals surface area contributed by atoms with Gasteiger partial charge >= 0.3 is 5.63 Å². The quantitative estimate of drug-likeness (QED) is 0.511. The number of nitrogens with two attached hydrogens (primary N) is 1. The largest absolute Gasteiger partial charge is 0.497 e. The highest BCUT2D eigenvalue weighted by Crippen LogP contribution is 2.46. The highest BCUT2D eigenvalue weighted by molar-refractivity contribution is 5.92. The second-order valence-corrected chi connectivity index (χ2v) is 7.01. The van der Waals surface area contributed by atoms with Gasteiger partial charge in [0.2, 0.25) is 5.88 Å². The molecule has 146 valence electrons. The highest BCUT2D eigenvalue weighted by Gasteiger charge is 2.33. The van der Waals surface area contributed by atoms with Crippen LogP contribution in [0, 0.1) is 11.3 Å². The number of ether oxygens (including phenoxy) is 2. The zero-order chi connectivity index (χ0) is 20.8. The molecule has 6 nitrogen and oxygen atoms in total. The van der Waals surface area contributed by atoms with Gasteiger partial charge in [-0.2, -0.15) is 5.26 Å². The second kappa shape index (κ2) is 6.68. The first kappa shape index (κ1) is 17.8. The zero-order valence-electron chi connectivity index (χ0n) is 16.0. The molecule has 0 aliphatic carbocycles. The number of methoxy groups -OCH3 is 1. The Bertz CT molecular complexity index is 1460. The maximum Gasteiger partial charge on any atom is 0.336 e. The minimum Gasteiger partial charge on any atom is -0.497 e. The van der Waals surface area contributed by atoms with Gasteiger partial charge in [0.05, 0.1) is 13.0 Å². The number of rotatable bonds is 2. The summed E-state index contributed by atoms with van der Waals surface area (Å²) in [4.78, 5) is 12.3. The number of nitriles is 1. The molecule has 0 fully saturated rings. The molecule has 4 aromatic rings. The standard InChI is InChI=1S/C24H16N2O4/c1-28-14-7-9-20-17(10-14)18(11-21(27)29-20)22-16-8-6-13-4-2-3-5-15(13)23(16)30-24(26)19(22)12-25/h2-11,22H,26H2,1H3. The van der Waals surface area contributed by atoms with Crippen LogP contribution in [-0.2, 0) is 0 Å². The number of benzene rings is 3. The third-order valence-electron chi connectivity index (χ3n) is 5.40. The molecule has 1 aromatic heterocycles. The van der Waals surface area contributed by atoms with Gasteiger partial charge in [0.1, 0.15) is 28.7 Å². The van der Waals surface area contributed by atoms with Crippen LogP contribution in [-0.4, -0.2) is 7.11 Å². The summed E-state index contributed by atoms with van der Waals surface area (Å²) in [6.45, 7) is 0. The van der Waals surface area contributed by atoms with Crippen LogP contribution in [0.15, 0.2) is 81.3 Å². The minimum atomic E-state index is -0.581. The van der Waals surface area contributed by atoms with Crippen molar-refractivity contribution in [1.29, 1.82) is 5.26 Å². The van der Waals surface area contributed by atoms with E-state index >= 15 is 0 Å². The summed E-state index contributed by atoms with van der Waals surface area (Å²) < 4.78 is 16.6. The molecule has 0 amide bonds. The van der Waals surface area contributed by atoms with E-state index in [2.05, 4.69) is 6.07 Å². The molecule has 0 radical (unpaired) electrons. The summed E-state index contributed by atoms with van der Waals surface area (Å²) in [5, 5.41) is 12.4. The first-order chi connectivity index (χ1) is 14.6. The summed E-state index contributed by atoms with van der Waals surface area (Å²) in [6.07, 6.45) is 0. The van der Waals surface area contributed by atoms with Crippen LogP contribution in [0.3, 0.4) is 0 Å². The van der Waals surface area contributed by atoms with Crippen molar-refractivity contribution in [3.8, 4) is 17.6 Å². The van der Waals surface area contributed by atoms with Crippen molar-refractivity contribution < 1.29 is 13.9 Å². The van der Waals surface area contributed by atoms with Crippen LogP contribution in [0.4, 0.5) is 0 Å². The van der Waals surface area contributed by atoms with Gasteiger partial charge in [-0.05, 0) is 29.1 Å². The first-order valence-corrected chi connectivity index (χ1v) is 9.31. The maximum absolute atomic E-state index is 12.3. The van der Waals surface area contributed by atoms with Crippen molar-refractivity contribution in [2.75, 3.05) is 7.11 Å². The van der Waals surface area contributed by atoms with E-state index in [4.69, 9.17) is 19.6 Å². The van der Waals surface area contributed by atoms with E-state index < -0.39 is 11.5 Å². The van der Waals surface area contributed by atoms with Gasteiger partial charge in [-0.3, -0.25) is 0 Å². The number of hydrogen-bond donors (Lipinski definition) is 1. The SMILES string of the molecule is COc1ccc2oc(=O)cc(C3C(C#N)=C(N)Oc4c3ccc3ccccc43)c2c1. The van der Waals surface area contributed by atoms with Crippen molar-refractivity contribution in [2.24, 2.45) is 5.73 Å². The number of hydrogen-bond acceptors (Lipinski definition) is 6. The lowest BCUT2D eigenvalue weighted by Gasteiger charge is -2.28. The fourth-order valence-electron chi connectivity index (χ4n) is 4.04. The molecule has 5 rings (SSSR count). The Hall–Kier alpha value is -4.24. The monoisotopic (exact) mass is 396 g/mol. The predicted octanol–water partition coefficient (Wildman–Crippen LogP) is 4.17. The predicted molar refractivity (Wildman–Crippen MR) is 112 cm³/mol. The van der Waals surface area contributed by atoms with E-state index in [9.17, 15) is 10.1 Å². The van der Waals surface area contributed by atoms with Crippen molar-refractivity contribution in [1.82, 2.24) is 0 Å². The molecule has 3 aromatic carbocycles. The summed E-state index contributed by atoms with van der Waals surface area (Å²) in [6, 6.07) is 20.4. The summed E-state index contributed by atoms with van der Waals surface area (Å²) >= 11 is 0. The van der Waals surface area contributed by atoms with Crippen molar-refractivity contribution in [3.05, 3.63) is 93.7 Å². The van der Waals surface area contributed by atoms with Gasteiger partial charge in [0, 0.05) is 22.4 Å². The van der Waals surface area contributed by atoms with Crippen LogP contribution in [0.2, 0.25) is 0 Å². The Morgan fingerprint density at radius 1 is 1.03 bits per heavy atom. The molecule has 0 saturated heterocycles. The van der Waals surface area contributed by atoms with Crippen LogP contribution >= 0.6 is 0 Å². The third-order valence-corrected chi connectivity index (χ3v) is 5.40. The molecule has 0 spiro atoms. The average Bonchev–Trinajstić information content (AvgIpc) is 2.77. The number of allylic oxidation sites excluding steroid dienone is 1. The van der Waals surface area contributed by atoms with Crippen LogP contribution < -0.4 is 20.8 Å². The smallest absolute Gasteiger partial charge is 0.336 e. The van der Waals surface area contributed by atoms with E-state index in [0.717, 1.165) is 16.3 Å². The van der Waals surface area contributed by atoms with E-state index in [1.165, 1.54) is 6.07 Å². The van der Waals surface area contributed by atoms with Crippen LogP contribution in [0.1, 0.15) is 17.0 Å². The Morgan fingerprint density at radius 2 is 1.87 bits per heavy atom. The molecule has 30 heavy (non-hydrogen) atoms. The van der Waals surface area contributed by atoms with Crippen molar-refractivity contribution >= 4 is 21.7 Å². The summed E-state index contributed by atoms with van der Waals surface area (Å²) in [5.74, 6) is 0.635. The summed E-state index contributed by atoms with van der Waals surface area (Å²) in [7, 11) is 1.56. The van der Waals surface area contributed by atoms with Gasteiger partial charge in [0.25, 0.3) is 0 Å². The fourth-order valence-corrected chi connectivity index (χ4v) is 4.04. The van der Waals surface area contributed by atoms with Crippen molar-refractivity contribution in [2.45, 2.75) is 5.92 Å². The van der Waals surface area contributed by atoms with Gasteiger partial charge in [0.15, 0.2) is 0 Å². The second-order valence-electron chi connectivity index (χ2n) is 7.01. The van der Waals surface area contributed by atoms with Gasteiger partial charge in [-0.25, -0.2) is 4.79 Å². The van der Waals surface area contributed by atoms with E-state index in [-0.39, 0.29) is 11.5 Å². The van der Waals surface area contributed by atoms with Gasteiger partial charge < -0.3 is 19.6 Å². The Morgan fingerprint density at radius 3 is 2.67 bits per heavy atom. The molecule has 1 atom stereocenters. The minimum absolute atomic E-state index is 0.0237. The fraction of sp³-hybridized carbons (Fsp3) is 0.0833. The lowest BCUT2D eigenvalue weighted by molar-refractivity contribution is 0.398. The lowest BCUT2D eigenvalue weighted by atomic mass is 9.81. The lowest BCUT2D eigenvalue weighted by Crippen LogP contribution is -2.22. The molecule has 0 bridgehead atoms. The topological polar surface area (TPSA) is 98.5 Å². The zero-order valence-corrected chi connectivity index (χ0v) is 16.0. The molecule has 0 saturated carbocycles. The molecular weight excluding hydrogens is 380 g/mol. The first-order valence-electron chi connectivity index (χ1n) is 9.31. The summed E-state index contributed by atoms with van der Waals surface area (Å²) in [5.41, 5.74) is 7.68.